The summed E-state index contributed by atoms with van der Waals surface area (Å²) in [7, 11) is 3.39. The van der Waals surface area contributed by atoms with E-state index in [0.29, 0.717) is 23.0 Å². The van der Waals surface area contributed by atoms with Crippen LogP contribution in [0.3, 0.4) is 0 Å². The molecule has 1 aromatic heterocycles. The van der Waals surface area contributed by atoms with Crippen molar-refractivity contribution in [2.75, 3.05) is 12.9 Å². The van der Waals surface area contributed by atoms with E-state index in [4.69, 9.17) is 4.74 Å². The second kappa shape index (κ2) is 12.1. The van der Waals surface area contributed by atoms with Gasteiger partial charge in [-0.15, -0.1) is 10.2 Å². The Bertz CT molecular complexity index is 1520. The molecule has 5 rings (SSSR count). The van der Waals surface area contributed by atoms with Gasteiger partial charge in [-0.2, -0.15) is 5.10 Å². The fourth-order valence-electron chi connectivity index (χ4n) is 4.31. The molecule has 3 aromatic carbocycles. The second-order valence-corrected chi connectivity index (χ2v) is 10.0. The van der Waals surface area contributed by atoms with Gasteiger partial charge in [0.1, 0.15) is 11.6 Å². The monoisotopic (exact) mass is 558 g/mol. The molecule has 0 spiro atoms. The molecule has 1 N–H and O–H groups in total. The van der Waals surface area contributed by atoms with E-state index < -0.39 is 0 Å². The summed E-state index contributed by atoms with van der Waals surface area (Å²) in [5, 5.41) is 17.9. The Labute approximate surface area is 235 Å². The normalized spacial score (nSPS) is 14.6. The number of benzene rings is 3. The van der Waals surface area contributed by atoms with Crippen LogP contribution in [-0.2, 0) is 18.4 Å². The van der Waals surface area contributed by atoms with Gasteiger partial charge in [-0.25, -0.2) is 9.40 Å². The van der Waals surface area contributed by atoms with Crippen LogP contribution in [0.25, 0.3) is 0 Å². The van der Waals surface area contributed by atoms with Crippen LogP contribution in [0.2, 0.25) is 0 Å². The number of hydrogen-bond donors (Lipinski definition) is 1. The number of carbonyl (C=O) groups is 2. The molecule has 0 radical (unpaired) electrons. The minimum atomic E-state index is -0.367. The van der Waals surface area contributed by atoms with Crippen molar-refractivity contribution < 1.29 is 18.7 Å². The Morgan fingerprint density at radius 2 is 1.75 bits per heavy atom. The third-order valence-electron chi connectivity index (χ3n) is 6.54. The molecule has 0 saturated heterocycles. The van der Waals surface area contributed by atoms with Gasteiger partial charge >= 0.3 is 0 Å². The smallest absolute Gasteiger partial charge is 0.253 e. The first kappa shape index (κ1) is 27.1. The zero-order chi connectivity index (χ0) is 28.1. The van der Waals surface area contributed by atoms with Gasteiger partial charge in [0.15, 0.2) is 11.0 Å². The van der Waals surface area contributed by atoms with Gasteiger partial charge in [0, 0.05) is 19.0 Å². The molecule has 2 amide bonds. The van der Waals surface area contributed by atoms with E-state index in [1.807, 2.05) is 30.3 Å². The third kappa shape index (κ3) is 6.04. The number of nitrogens with zero attached hydrogens (tertiary/aromatic N) is 5. The lowest BCUT2D eigenvalue weighted by Crippen LogP contribution is -2.28. The zero-order valence-corrected chi connectivity index (χ0v) is 22.8. The number of aromatic nitrogens is 3. The lowest BCUT2D eigenvalue weighted by molar-refractivity contribution is -0.130. The molecule has 1 aliphatic heterocycles. The van der Waals surface area contributed by atoms with E-state index in [9.17, 15) is 14.0 Å². The van der Waals surface area contributed by atoms with Gasteiger partial charge in [-0.3, -0.25) is 9.59 Å². The Kier molecular flexibility index (Phi) is 8.20. The summed E-state index contributed by atoms with van der Waals surface area (Å²) in [6.07, 6.45) is 0.490. The van der Waals surface area contributed by atoms with Crippen molar-refractivity contribution in [3.05, 3.63) is 107 Å². The number of hydrazone groups is 1. The van der Waals surface area contributed by atoms with Gasteiger partial charge < -0.3 is 14.6 Å². The molecule has 4 aromatic rings. The van der Waals surface area contributed by atoms with Crippen LogP contribution in [0.4, 0.5) is 4.39 Å². The predicted octanol–water partition coefficient (Wildman–Crippen LogP) is 4.36. The van der Waals surface area contributed by atoms with Crippen molar-refractivity contribution in [2.24, 2.45) is 12.1 Å². The lowest BCUT2D eigenvalue weighted by atomic mass is 9.98. The highest BCUT2D eigenvalue weighted by Gasteiger charge is 2.33. The molecule has 0 aliphatic carbocycles. The molecule has 40 heavy (non-hydrogen) atoms. The fraction of sp³-hybridized carbons (Fsp3) is 0.207. The number of carbonyl (C=O) groups excluding carboxylic acids is 2. The van der Waals surface area contributed by atoms with Crippen LogP contribution in [0.15, 0.2) is 89.1 Å². The number of nitrogens with one attached hydrogen (secondary N) is 1. The molecule has 0 fully saturated rings. The Balaban J connectivity index is 1.27. The maximum atomic E-state index is 13.6. The first-order chi connectivity index (χ1) is 19.4. The average molecular weight is 559 g/mol. The van der Waals surface area contributed by atoms with E-state index in [0.717, 1.165) is 22.6 Å². The van der Waals surface area contributed by atoms with Crippen LogP contribution in [0.1, 0.15) is 39.8 Å². The summed E-state index contributed by atoms with van der Waals surface area (Å²) in [6, 6.07) is 22.2. The van der Waals surface area contributed by atoms with Crippen LogP contribution in [-0.4, -0.2) is 50.2 Å². The Morgan fingerprint density at radius 1 is 1.02 bits per heavy atom. The molecular formula is C29H27FN6O3S. The van der Waals surface area contributed by atoms with Gasteiger partial charge in [0.2, 0.25) is 0 Å². The highest BCUT2D eigenvalue weighted by Crippen LogP contribution is 2.34. The molecule has 1 aliphatic rings. The Hall–Kier alpha value is -4.51. The van der Waals surface area contributed by atoms with E-state index in [1.165, 1.54) is 28.9 Å². The van der Waals surface area contributed by atoms with Gasteiger partial charge in [0.25, 0.3) is 11.8 Å². The maximum Gasteiger partial charge on any atom is 0.253 e. The summed E-state index contributed by atoms with van der Waals surface area (Å²) in [5.41, 5.74) is 2.99. The molecule has 1 atom stereocenters. The molecule has 9 nitrogen and oxygen atoms in total. The zero-order valence-electron chi connectivity index (χ0n) is 22.0. The van der Waals surface area contributed by atoms with Gasteiger partial charge in [-0.05, 0) is 59.7 Å². The van der Waals surface area contributed by atoms with Crippen molar-refractivity contribution in [3.63, 3.8) is 0 Å². The summed E-state index contributed by atoms with van der Waals surface area (Å²) in [6.45, 7) is 0.194. The van der Waals surface area contributed by atoms with Crippen molar-refractivity contribution >= 4 is 29.3 Å². The number of amides is 2. The van der Waals surface area contributed by atoms with Crippen LogP contribution in [0, 0.1) is 5.82 Å². The van der Waals surface area contributed by atoms with E-state index in [-0.39, 0.29) is 36.0 Å². The average Bonchev–Trinajstić information content (AvgIpc) is 3.59. The van der Waals surface area contributed by atoms with E-state index in [2.05, 4.69) is 20.6 Å². The highest BCUT2D eigenvalue weighted by atomic mass is 32.2. The fourth-order valence-corrected chi connectivity index (χ4v) is 5.09. The summed E-state index contributed by atoms with van der Waals surface area (Å²) >= 11 is 1.23. The molecule has 204 valence electrons. The van der Waals surface area contributed by atoms with Crippen LogP contribution in [0.5, 0.6) is 5.75 Å². The first-order valence-corrected chi connectivity index (χ1v) is 13.5. The quantitative estimate of drug-likeness (QED) is 0.306. The van der Waals surface area contributed by atoms with Crippen molar-refractivity contribution in [1.29, 1.82) is 0 Å². The Morgan fingerprint density at radius 3 is 2.45 bits per heavy atom. The minimum Gasteiger partial charge on any atom is -0.497 e. The second-order valence-electron chi connectivity index (χ2n) is 9.08. The number of methoxy groups -OCH3 is 1. The molecule has 11 heteroatoms. The van der Waals surface area contributed by atoms with Crippen LogP contribution >= 0.6 is 11.8 Å². The number of ether oxygens (including phenoxy) is 1. The topological polar surface area (TPSA) is 102 Å². The maximum absolute atomic E-state index is 13.6. The van der Waals surface area contributed by atoms with Crippen molar-refractivity contribution in [1.82, 2.24) is 25.1 Å². The van der Waals surface area contributed by atoms with Crippen LogP contribution < -0.4 is 10.1 Å². The minimum absolute atomic E-state index is 0.0689. The number of thioether (sulfide) groups is 1. The molecule has 0 unspecified atom stereocenters. The third-order valence-corrected chi connectivity index (χ3v) is 7.54. The summed E-state index contributed by atoms with van der Waals surface area (Å²) < 4.78 is 20.6. The van der Waals surface area contributed by atoms with E-state index in [1.54, 1.807) is 55.1 Å². The lowest BCUT2D eigenvalue weighted by Gasteiger charge is -2.22. The SMILES string of the molecule is COc1ccc(C2=NN(C(=O)CSc3nnc(CNC(=O)c4ccccc4)n3C)[C@H](c3ccc(F)cc3)C2)cc1. The standard InChI is InChI=1S/C29H27FN6O3S/c1-35-26(17-31-28(38)21-6-4-3-5-7-21)32-33-29(35)40-18-27(37)36-25(20-8-12-22(30)13-9-20)16-24(34-36)19-10-14-23(39-2)15-11-19/h3-15,25H,16-18H2,1-2H3,(H,31,38)/t25-/m0/s1. The molecule has 2 heterocycles. The number of halogens is 1. The molecule has 0 saturated carbocycles. The summed E-state index contributed by atoms with van der Waals surface area (Å²) in [4.78, 5) is 25.8. The van der Waals surface area contributed by atoms with E-state index >= 15 is 0 Å². The van der Waals surface area contributed by atoms with Gasteiger partial charge in [0.05, 0.1) is 31.2 Å². The molecule has 0 bridgehead atoms. The van der Waals surface area contributed by atoms with Gasteiger partial charge in [-0.1, -0.05) is 42.1 Å². The van der Waals surface area contributed by atoms with Crippen molar-refractivity contribution in [2.45, 2.75) is 24.2 Å². The number of hydrogen-bond acceptors (Lipinski definition) is 7. The highest BCUT2D eigenvalue weighted by molar-refractivity contribution is 7.99. The molecular weight excluding hydrogens is 531 g/mol. The first-order valence-electron chi connectivity index (χ1n) is 12.6. The summed E-state index contributed by atoms with van der Waals surface area (Å²) in [5.74, 6) is 0.585. The predicted molar refractivity (Wildman–Crippen MR) is 149 cm³/mol. The van der Waals surface area contributed by atoms with Crippen molar-refractivity contribution in [3.8, 4) is 5.75 Å². The largest absolute Gasteiger partial charge is 0.497 e. The number of rotatable bonds is 9.